The molecule has 0 aliphatic rings. The minimum atomic E-state index is -3.49. The van der Waals surface area contributed by atoms with E-state index >= 15 is 0 Å². The molecule has 0 bridgehead atoms. The molecule has 1 aromatic heterocycles. The van der Waals surface area contributed by atoms with E-state index in [9.17, 15) is 8.42 Å². The number of nitrogen functional groups attached to an aromatic ring is 1. The summed E-state index contributed by atoms with van der Waals surface area (Å²) >= 11 is 0. The molecule has 1 aromatic carbocycles. The Labute approximate surface area is 117 Å². The number of hydrogen-bond acceptors (Lipinski definition) is 6. The van der Waals surface area contributed by atoms with Gasteiger partial charge >= 0.3 is 0 Å². The molecule has 0 aliphatic heterocycles. The van der Waals surface area contributed by atoms with Crippen LogP contribution in [0.2, 0.25) is 0 Å². The van der Waals surface area contributed by atoms with Gasteiger partial charge in [-0.25, -0.2) is 13.1 Å². The van der Waals surface area contributed by atoms with E-state index in [1.807, 2.05) is 13.0 Å². The third-order valence-electron chi connectivity index (χ3n) is 2.74. The first-order valence-electron chi connectivity index (χ1n) is 5.91. The monoisotopic (exact) mass is 296 g/mol. The molecule has 20 heavy (non-hydrogen) atoms. The molecule has 0 amide bonds. The van der Waals surface area contributed by atoms with Gasteiger partial charge in [0, 0.05) is 6.07 Å². The van der Waals surface area contributed by atoms with Crippen LogP contribution in [0.25, 0.3) is 0 Å². The Hall–Kier alpha value is -2.06. The Morgan fingerprint density at radius 2 is 2.10 bits per heavy atom. The molecule has 0 unspecified atom stereocenters. The Balaban J connectivity index is 2.14. The molecule has 0 radical (unpaired) electrons. The van der Waals surface area contributed by atoms with Crippen LogP contribution in [0.3, 0.4) is 0 Å². The van der Waals surface area contributed by atoms with Gasteiger partial charge in [0.15, 0.2) is 0 Å². The highest BCUT2D eigenvalue weighted by Gasteiger charge is 2.13. The topological polar surface area (TPSA) is 110 Å². The molecule has 2 rings (SSSR count). The van der Waals surface area contributed by atoms with Gasteiger partial charge in [0.05, 0.1) is 22.8 Å². The van der Waals surface area contributed by atoms with Crippen LogP contribution in [-0.2, 0) is 16.6 Å². The van der Waals surface area contributed by atoms with Gasteiger partial charge in [0.1, 0.15) is 11.5 Å². The summed E-state index contributed by atoms with van der Waals surface area (Å²) in [5.41, 5.74) is 7.58. The lowest BCUT2D eigenvalue weighted by atomic mass is 10.2. The number of nitrogens with two attached hydrogens (primary N) is 1. The van der Waals surface area contributed by atoms with Crippen LogP contribution >= 0.6 is 0 Å². The SMILES string of the molecule is CNS(=O)(=O)c1ccc(NCc2cc(C)on2)c(N)c1. The Morgan fingerprint density at radius 3 is 2.65 bits per heavy atom. The Morgan fingerprint density at radius 1 is 1.35 bits per heavy atom. The van der Waals surface area contributed by atoms with Crippen molar-refractivity contribution in [2.24, 2.45) is 0 Å². The molecule has 4 N–H and O–H groups in total. The summed E-state index contributed by atoms with van der Waals surface area (Å²) in [5.74, 6) is 0.727. The van der Waals surface area contributed by atoms with Crippen LogP contribution in [0, 0.1) is 6.92 Å². The number of hydrogen-bond donors (Lipinski definition) is 3. The van der Waals surface area contributed by atoms with Crippen molar-refractivity contribution in [3.05, 3.63) is 35.7 Å². The average Bonchev–Trinajstić information content (AvgIpc) is 2.83. The van der Waals surface area contributed by atoms with Crippen LogP contribution in [0.5, 0.6) is 0 Å². The van der Waals surface area contributed by atoms with Crippen LogP contribution in [0.4, 0.5) is 11.4 Å². The number of aryl methyl sites for hydroxylation is 1. The van der Waals surface area contributed by atoms with Gasteiger partial charge in [-0.2, -0.15) is 0 Å². The number of rotatable bonds is 5. The molecule has 0 saturated carbocycles. The lowest BCUT2D eigenvalue weighted by Crippen LogP contribution is -2.18. The smallest absolute Gasteiger partial charge is 0.240 e. The maximum atomic E-state index is 11.6. The van der Waals surface area contributed by atoms with E-state index in [0.29, 0.717) is 17.9 Å². The first kappa shape index (κ1) is 14.4. The van der Waals surface area contributed by atoms with Crippen LogP contribution in [0.15, 0.2) is 33.7 Å². The van der Waals surface area contributed by atoms with Crippen molar-refractivity contribution in [3.63, 3.8) is 0 Å². The number of aromatic nitrogens is 1. The number of sulfonamides is 1. The van der Waals surface area contributed by atoms with Crippen molar-refractivity contribution < 1.29 is 12.9 Å². The summed E-state index contributed by atoms with van der Waals surface area (Å²) in [4.78, 5) is 0.125. The second kappa shape index (κ2) is 5.51. The van der Waals surface area contributed by atoms with E-state index in [0.717, 1.165) is 11.5 Å². The van der Waals surface area contributed by atoms with Gasteiger partial charge in [-0.05, 0) is 32.2 Å². The van der Waals surface area contributed by atoms with Gasteiger partial charge in [-0.15, -0.1) is 0 Å². The quantitative estimate of drug-likeness (QED) is 0.712. The highest BCUT2D eigenvalue weighted by atomic mass is 32.2. The van der Waals surface area contributed by atoms with Crippen molar-refractivity contribution in [3.8, 4) is 0 Å². The molecule has 0 atom stereocenters. The fourth-order valence-corrected chi connectivity index (χ4v) is 2.44. The number of benzene rings is 1. The standard InChI is InChI=1S/C12H16N4O3S/c1-8-5-9(16-19-8)7-15-12-4-3-10(6-11(12)13)20(17,18)14-2/h3-6,14-15H,7,13H2,1-2H3. The zero-order chi connectivity index (χ0) is 14.8. The van der Waals surface area contributed by atoms with Crippen molar-refractivity contribution in [2.45, 2.75) is 18.4 Å². The largest absolute Gasteiger partial charge is 0.397 e. The molecule has 0 spiro atoms. The Bertz CT molecular complexity index is 709. The van der Waals surface area contributed by atoms with Gasteiger partial charge in [-0.1, -0.05) is 5.16 Å². The molecule has 108 valence electrons. The van der Waals surface area contributed by atoms with E-state index in [1.54, 1.807) is 6.07 Å². The molecule has 7 nitrogen and oxygen atoms in total. The third-order valence-corrected chi connectivity index (χ3v) is 4.15. The molecule has 1 heterocycles. The summed E-state index contributed by atoms with van der Waals surface area (Å²) in [6.45, 7) is 2.25. The lowest BCUT2D eigenvalue weighted by molar-refractivity contribution is 0.391. The van der Waals surface area contributed by atoms with Crippen LogP contribution < -0.4 is 15.8 Å². The van der Waals surface area contributed by atoms with Crippen molar-refractivity contribution in [1.82, 2.24) is 9.88 Å². The molecule has 0 aliphatic carbocycles. The number of anilines is 2. The van der Waals surface area contributed by atoms with Crippen LogP contribution in [0.1, 0.15) is 11.5 Å². The molecular formula is C12H16N4O3S. The van der Waals surface area contributed by atoms with Crippen molar-refractivity contribution in [2.75, 3.05) is 18.1 Å². The molecule has 0 fully saturated rings. The Kier molecular flexibility index (Phi) is 3.96. The van der Waals surface area contributed by atoms with E-state index in [2.05, 4.69) is 15.2 Å². The van der Waals surface area contributed by atoms with Gasteiger partial charge in [-0.3, -0.25) is 0 Å². The first-order chi connectivity index (χ1) is 9.42. The number of nitrogens with one attached hydrogen (secondary N) is 2. The minimum Gasteiger partial charge on any atom is -0.397 e. The first-order valence-corrected chi connectivity index (χ1v) is 7.40. The second-order valence-corrected chi connectivity index (χ2v) is 6.13. The van der Waals surface area contributed by atoms with Gasteiger partial charge in [0.2, 0.25) is 10.0 Å². The summed E-state index contributed by atoms with van der Waals surface area (Å²) in [6.07, 6.45) is 0. The number of nitrogens with zero attached hydrogens (tertiary/aromatic N) is 1. The molecule has 0 saturated heterocycles. The normalized spacial score (nSPS) is 11.5. The van der Waals surface area contributed by atoms with Gasteiger partial charge < -0.3 is 15.6 Å². The van der Waals surface area contributed by atoms with E-state index < -0.39 is 10.0 Å². The maximum absolute atomic E-state index is 11.6. The fourth-order valence-electron chi connectivity index (χ4n) is 1.67. The summed E-state index contributed by atoms with van der Waals surface area (Å²) in [5, 5.41) is 6.92. The lowest BCUT2D eigenvalue weighted by Gasteiger charge is -2.10. The van der Waals surface area contributed by atoms with Gasteiger partial charge in [0.25, 0.3) is 0 Å². The molecular weight excluding hydrogens is 280 g/mol. The average molecular weight is 296 g/mol. The summed E-state index contributed by atoms with van der Waals surface area (Å²) in [6, 6.07) is 6.32. The predicted molar refractivity (Wildman–Crippen MR) is 75.7 cm³/mol. The zero-order valence-electron chi connectivity index (χ0n) is 11.2. The highest BCUT2D eigenvalue weighted by Crippen LogP contribution is 2.23. The maximum Gasteiger partial charge on any atom is 0.240 e. The van der Waals surface area contributed by atoms with E-state index in [-0.39, 0.29) is 4.90 Å². The van der Waals surface area contributed by atoms with Crippen molar-refractivity contribution in [1.29, 1.82) is 0 Å². The zero-order valence-corrected chi connectivity index (χ0v) is 12.0. The minimum absolute atomic E-state index is 0.125. The van der Waals surface area contributed by atoms with E-state index in [4.69, 9.17) is 10.3 Å². The fraction of sp³-hybridized carbons (Fsp3) is 0.250. The van der Waals surface area contributed by atoms with Crippen molar-refractivity contribution >= 4 is 21.4 Å². The highest BCUT2D eigenvalue weighted by molar-refractivity contribution is 7.89. The summed E-state index contributed by atoms with van der Waals surface area (Å²) < 4.78 is 30.5. The van der Waals surface area contributed by atoms with E-state index in [1.165, 1.54) is 19.2 Å². The molecule has 2 aromatic rings. The third kappa shape index (κ3) is 3.09. The van der Waals surface area contributed by atoms with Crippen LogP contribution in [-0.4, -0.2) is 20.6 Å². The molecule has 8 heteroatoms. The summed E-state index contributed by atoms with van der Waals surface area (Å²) in [7, 11) is -2.13. The second-order valence-electron chi connectivity index (χ2n) is 4.24. The predicted octanol–water partition coefficient (Wildman–Crippen LogP) is 1.09.